The maximum atomic E-state index is 12.5. The Bertz CT molecular complexity index is 728. The molecule has 20 heavy (non-hydrogen) atoms. The molecule has 108 valence electrons. The van der Waals surface area contributed by atoms with Crippen molar-refractivity contribution in [1.29, 1.82) is 0 Å². The quantitative estimate of drug-likeness (QED) is 0.873. The SMILES string of the molecule is Cc1ncc(CN(C)S(=O)(=O)c2ccc(N)cc2Cl)s1. The van der Waals surface area contributed by atoms with Crippen LogP contribution in [0.3, 0.4) is 0 Å². The molecular weight excluding hydrogens is 318 g/mol. The summed E-state index contributed by atoms with van der Waals surface area (Å²) in [5, 5.41) is 1.02. The van der Waals surface area contributed by atoms with Crippen LogP contribution in [0, 0.1) is 6.92 Å². The van der Waals surface area contributed by atoms with Crippen molar-refractivity contribution >= 4 is 38.6 Å². The molecule has 0 bridgehead atoms. The van der Waals surface area contributed by atoms with Gasteiger partial charge in [0, 0.05) is 30.4 Å². The van der Waals surface area contributed by atoms with Gasteiger partial charge in [0.25, 0.3) is 0 Å². The van der Waals surface area contributed by atoms with Gasteiger partial charge in [-0.05, 0) is 25.1 Å². The van der Waals surface area contributed by atoms with Gasteiger partial charge in [-0.15, -0.1) is 11.3 Å². The molecule has 0 spiro atoms. The van der Waals surface area contributed by atoms with E-state index in [1.54, 1.807) is 6.20 Å². The lowest BCUT2D eigenvalue weighted by atomic mass is 10.3. The summed E-state index contributed by atoms with van der Waals surface area (Å²) in [5.74, 6) is 0. The maximum Gasteiger partial charge on any atom is 0.244 e. The Balaban J connectivity index is 2.29. The molecule has 1 aromatic heterocycles. The average molecular weight is 332 g/mol. The molecule has 5 nitrogen and oxygen atoms in total. The largest absolute Gasteiger partial charge is 0.399 e. The molecule has 0 aliphatic rings. The lowest BCUT2D eigenvalue weighted by Gasteiger charge is -2.17. The number of aromatic nitrogens is 1. The molecule has 2 N–H and O–H groups in total. The number of hydrogen-bond donors (Lipinski definition) is 1. The average Bonchev–Trinajstić information content (AvgIpc) is 2.74. The first-order valence-electron chi connectivity index (χ1n) is 5.73. The Hall–Kier alpha value is -1.15. The van der Waals surface area contributed by atoms with E-state index in [1.807, 2.05) is 6.92 Å². The van der Waals surface area contributed by atoms with Gasteiger partial charge in [0.15, 0.2) is 0 Å². The third kappa shape index (κ3) is 3.12. The highest BCUT2D eigenvalue weighted by Crippen LogP contribution is 2.27. The van der Waals surface area contributed by atoms with Crippen LogP contribution in [0.5, 0.6) is 0 Å². The number of thiazole rings is 1. The minimum atomic E-state index is -3.65. The van der Waals surface area contributed by atoms with Crippen LogP contribution in [0.2, 0.25) is 5.02 Å². The maximum absolute atomic E-state index is 12.5. The summed E-state index contributed by atoms with van der Waals surface area (Å²) in [5.41, 5.74) is 6.00. The van der Waals surface area contributed by atoms with E-state index in [9.17, 15) is 8.42 Å². The number of aryl methyl sites for hydroxylation is 1. The van der Waals surface area contributed by atoms with Crippen LogP contribution in [-0.2, 0) is 16.6 Å². The van der Waals surface area contributed by atoms with Crippen LogP contribution in [0.1, 0.15) is 9.88 Å². The van der Waals surface area contributed by atoms with Crippen molar-refractivity contribution in [3.63, 3.8) is 0 Å². The molecular formula is C12H14ClN3O2S2. The normalized spacial score (nSPS) is 12.0. The van der Waals surface area contributed by atoms with E-state index in [0.29, 0.717) is 5.69 Å². The molecule has 0 fully saturated rings. The van der Waals surface area contributed by atoms with Crippen molar-refractivity contribution in [2.75, 3.05) is 12.8 Å². The second-order valence-corrected chi connectivity index (χ2v) is 8.04. The van der Waals surface area contributed by atoms with Crippen LogP contribution < -0.4 is 5.73 Å². The van der Waals surface area contributed by atoms with E-state index in [4.69, 9.17) is 17.3 Å². The van der Waals surface area contributed by atoms with Gasteiger partial charge in [0.1, 0.15) is 4.90 Å². The highest BCUT2D eigenvalue weighted by atomic mass is 35.5. The summed E-state index contributed by atoms with van der Waals surface area (Å²) in [4.78, 5) is 5.04. The molecule has 8 heteroatoms. The summed E-state index contributed by atoms with van der Waals surface area (Å²) in [6, 6.07) is 4.37. The molecule has 0 saturated heterocycles. The van der Waals surface area contributed by atoms with Gasteiger partial charge in [0.2, 0.25) is 10.0 Å². The minimum absolute atomic E-state index is 0.0529. The zero-order valence-electron chi connectivity index (χ0n) is 11.0. The number of sulfonamides is 1. The molecule has 0 saturated carbocycles. The zero-order chi connectivity index (χ0) is 14.9. The number of nitrogens with zero attached hydrogens (tertiary/aromatic N) is 2. The van der Waals surface area contributed by atoms with Gasteiger partial charge in [-0.3, -0.25) is 0 Å². The predicted octanol–water partition coefficient (Wildman–Crippen LogP) is 2.51. The van der Waals surface area contributed by atoms with Crippen LogP contribution in [0.4, 0.5) is 5.69 Å². The number of rotatable bonds is 4. The molecule has 1 heterocycles. The van der Waals surface area contributed by atoms with Gasteiger partial charge in [-0.25, -0.2) is 13.4 Å². The Labute approximate surface area is 127 Å². The highest BCUT2D eigenvalue weighted by molar-refractivity contribution is 7.89. The summed E-state index contributed by atoms with van der Waals surface area (Å²) in [6.07, 6.45) is 1.68. The first-order valence-corrected chi connectivity index (χ1v) is 8.37. The molecule has 0 unspecified atom stereocenters. The van der Waals surface area contributed by atoms with E-state index >= 15 is 0 Å². The summed E-state index contributed by atoms with van der Waals surface area (Å²) < 4.78 is 26.2. The van der Waals surface area contributed by atoms with Crippen LogP contribution >= 0.6 is 22.9 Å². The molecule has 0 aliphatic carbocycles. The van der Waals surface area contributed by atoms with Crippen molar-refractivity contribution in [1.82, 2.24) is 9.29 Å². The second kappa shape index (κ2) is 5.69. The predicted molar refractivity (Wildman–Crippen MR) is 81.4 cm³/mol. The fourth-order valence-electron chi connectivity index (χ4n) is 1.68. The van der Waals surface area contributed by atoms with Crippen molar-refractivity contribution < 1.29 is 8.42 Å². The summed E-state index contributed by atoms with van der Waals surface area (Å²) in [7, 11) is -2.14. The highest BCUT2D eigenvalue weighted by Gasteiger charge is 2.24. The van der Waals surface area contributed by atoms with Crippen LogP contribution in [-0.4, -0.2) is 24.8 Å². The van der Waals surface area contributed by atoms with Crippen LogP contribution in [0.15, 0.2) is 29.3 Å². The number of nitrogens with two attached hydrogens (primary N) is 1. The third-order valence-corrected chi connectivity index (χ3v) is 5.88. The number of benzene rings is 1. The van der Waals surface area contributed by atoms with E-state index in [1.165, 1.54) is 40.9 Å². The second-order valence-electron chi connectivity index (χ2n) is 4.30. The van der Waals surface area contributed by atoms with Crippen LogP contribution in [0.25, 0.3) is 0 Å². The van der Waals surface area contributed by atoms with E-state index in [-0.39, 0.29) is 16.5 Å². The van der Waals surface area contributed by atoms with Gasteiger partial charge < -0.3 is 5.73 Å². The molecule has 2 aromatic rings. The van der Waals surface area contributed by atoms with Gasteiger partial charge >= 0.3 is 0 Å². The smallest absolute Gasteiger partial charge is 0.244 e. The Morgan fingerprint density at radius 1 is 1.45 bits per heavy atom. The molecule has 0 aliphatic heterocycles. The summed E-state index contributed by atoms with van der Waals surface area (Å²) >= 11 is 7.43. The topological polar surface area (TPSA) is 76.3 Å². The van der Waals surface area contributed by atoms with E-state index in [2.05, 4.69) is 4.98 Å². The first-order chi connectivity index (χ1) is 9.30. The third-order valence-electron chi connectivity index (χ3n) is 2.69. The van der Waals surface area contributed by atoms with Gasteiger partial charge in [-0.1, -0.05) is 11.6 Å². The minimum Gasteiger partial charge on any atom is -0.399 e. The fourth-order valence-corrected chi connectivity index (χ4v) is 4.28. The molecule has 0 amide bonds. The molecule has 0 atom stereocenters. The fraction of sp³-hybridized carbons (Fsp3) is 0.250. The van der Waals surface area contributed by atoms with Crippen molar-refractivity contribution in [3.8, 4) is 0 Å². The lowest BCUT2D eigenvalue weighted by molar-refractivity contribution is 0.469. The van der Waals surface area contributed by atoms with Gasteiger partial charge in [0.05, 0.1) is 10.0 Å². The molecule has 2 rings (SSSR count). The molecule has 0 radical (unpaired) electrons. The van der Waals surface area contributed by atoms with Crippen molar-refractivity contribution in [3.05, 3.63) is 39.3 Å². The van der Waals surface area contributed by atoms with Crippen molar-refractivity contribution in [2.45, 2.75) is 18.4 Å². The number of nitrogen functional groups attached to an aromatic ring is 1. The van der Waals surface area contributed by atoms with E-state index in [0.717, 1.165) is 9.88 Å². The number of halogens is 1. The Morgan fingerprint density at radius 2 is 2.15 bits per heavy atom. The monoisotopic (exact) mass is 331 g/mol. The Morgan fingerprint density at radius 3 is 2.70 bits per heavy atom. The van der Waals surface area contributed by atoms with Crippen molar-refractivity contribution in [2.24, 2.45) is 0 Å². The number of anilines is 1. The van der Waals surface area contributed by atoms with E-state index < -0.39 is 10.0 Å². The summed E-state index contributed by atoms with van der Waals surface area (Å²) in [6.45, 7) is 2.13. The zero-order valence-corrected chi connectivity index (χ0v) is 13.4. The Kier molecular flexibility index (Phi) is 4.33. The number of hydrogen-bond acceptors (Lipinski definition) is 5. The van der Waals surface area contributed by atoms with Gasteiger partial charge in [-0.2, -0.15) is 4.31 Å². The standard InChI is InChI=1S/C12H14ClN3O2S2/c1-8-15-6-10(19-8)7-16(2)20(17,18)12-4-3-9(14)5-11(12)13/h3-6H,7,14H2,1-2H3. The lowest BCUT2D eigenvalue weighted by Crippen LogP contribution is -2.26. The first kappa shape index (κ1) is 15.2. The molecule has 1 aromatic carbocycles.